The van der Waals surface area contributed by atoms with Crippen LogP contribution in [0.5, 0.6) is 5.75 Å². The molecule has 1 amide bonds. The first-order chi connectivity index (χ1) is 13.8. The summed E-state index contributed by atoms with van der Waals surface area (Å²) in [5.74, 6) is -2.61. The largest absolute Gasteiger partial charge is 0.478 e. The molecule has 0 aliphatic carbocycles. The predicted octanol–water partition coefficient (Wildman–Crippen LogP) is 3.46. The van der Waals surface area contributed by atoms with E-state index in [1.165, 1.54) is 6.07 Å². The molecule has 0 spiro atoms. The maximum atomic E-state index is 13.1. The molecule has 1 atom stereocenters. The SMILES string of the molecule is CC(C)C1(C)N=C(c2nc3ccc(OC(F)(F)C(F)F)cc3cc2C(=O)O)NC1=O. The van der Waals surface area contributed by atoms with Crippen LogP contribution in [0.4, 0.5) is 17.6 Å². The number of aromatic carboxylic acids is 1. The number of amidine groups is 1. The smallest absolute Gasteiger partial charge is 0.461 e. The van der Waals surface area contributed by atoms with Crippen LogP contribution < -0.4 is 10.1 Å². The van der Waals surface area contributed by atoms with Crippen LogP contribution in [-0.2, 0) is 4.79 Å². The Balaban J connectivity index is 2.10. The number of rotatable bonds is 6. The van der Waals surface area contributed by atoms with Gasteiger partial charge in [0.05, 0.1) is 11.1 Å². The number of alkyl halides is 4. The number of pyridine rings is 1. The van der Waals surface area contributed by atoms with E-state index < -0.39 is 35.7 Å². The highest BCUT2D eigenvalue weighted by Gasteiger charge is 2.44. The second-order valence-electron chi connectivity index (χ2n) is 7.23. The molecule has 0 saturated heterocycles. The summed E-state index contributed by atoms with van der Waals surface area (Å²) < 4.78 is 55.0. The van der Waals surface area contributed by atoms with Gasteiger partial charge in [-0.25, -0.2) is 14.8 Å². The summed E-state index contributed by atoms with van der Waals surface area (Å²) in [4.78, 5) is 32.6. The van der Waals surface area contributed by atoms with Crippen molar-refractivity contribution >= 4 is 28.6 Å². The van der Waals surface area contributed by atoms with E-state index >= 15 is 0 Å². The normalized spacial score (nSPS) is 19.4. The summed E-state index contributed by atoms with van der Waals surface area (Å²) in [6, 6.07) is 4.30. The van der Waals surface area contributed by atoms with E-state index in [0.717, 1.165) is 18.2 Å². The highest BCUT2D eigenvalue weighted by molar-refractivity contribution is 6.18. The first kappa shape index (κ1) is 21.5. The number of benzene rings is 1. The van der Waals surface area contributed by atoms with Crippen molar-refractivity contribution in [2.75, 3.05) is 0 Å². The molecule has 1 aromatic carbocycles. The molecule has 7 nitrogen and oxygen atoms in total. The Labute approximate surface area is 167 Å². The fourth-order valence-electron chi connectivity index (χ4n) is 2.81. The average molecular weight is 427 g/mol. The van der Waals surface area contributed by atoms with Crippen LogP contribution in [-0.4, -0.2) is 45.9 Å². The molecule has 1 aliphatic rings. The molecular formula is C19H17F4N3O4. The lowest BCUT2D eigenvalue weighted by Gasteiger charge is -2.21. The van der Waals surface area contributed by atoms with E-state index in [0.29, 0.717) is 0 Å². The second-order valence-corrected chi connectivity index (χ2v) is 7.23. The minimum atomic E-state index is -4.71. The van der Waals surface area contributed by atoms with E-state index in [1.54, 1.807) is 20.8 Å². The zero-order valence-corrected chi connectivity index (χ0v) is 16.0. The van der Waals surface area contributed by atoms with Gasteiger partial charge in [-0.1, -0.05) is 13.8 Å². The average Bonchev–Trinajstić information content (AvgIpc) is 2.96. The molecule has 11 heteroatoms. The lowest BCUT2D eigenvalue weighted by atomic mass is 9.89. The summed E-state index contributed by atoms with van der Waals surface area (Å²) in [5.41, 5.74) is -1.41. The summed E-state index contributed by atoms with van der Waals surface area (Å²) in [5, 5.41) is 12.2. The van der Waals surface area contributed by atoms with Crippen molar-refractivity contribution in [3.63, 3.8) is 0 Å². The Morgan fingerprint density at radius 2 is 1.93 bits per heavy atom. The highest BCUT2D eigenvalue weighted by atomic mass is 19.3. The van der Waals surface area contributed by atoms with Crippen LogP contribution in [0.2, 0.25) is 0 Å². The van der Waals surface area contributed by atoms with Crippen molar-refractivity contribution in [1.82, 2.24) is 10.3 Å². The van der Waals surface area contributed by atoms with Gasteiger partial charge in [-0.3, -0.25) is 4.79 Å². The van der Waals surface area contributed by atoms with E-state index in [2.05, 4.69) is 20.0 Å². The van der Waals surface area contributed by atoms with Crippen LogP contribution >= 0.6 is 0 Å². The number of amides is 1. The number of hydrogen-bond acceptors (Lipinski definition) is 5. The topological polar surface area (TPSA) is 101 Å². The van der Waals surface area contributed by atoms with Gasteiger partial charge in [-0.05, 0) is 37.1 Å². The third-order valence-electron chi connectivity index (χ3n) is 4.91. The Hall–Kier alpha value is -3.24. The molecule has 0 saturated carbocycles. The molecule has 3 rings (SSSR count). The lowest BCUT2D eigenvalue weighted by molar-refractivity contribution is -0.253. The number of aromatic nitrogens is 1. The number of carbonyl (C=O) groups is 2. The Morgan fingerprint density at radius 3 is 2.47 bits per heavy atom. The molecule has 2 aromatic rings. The first-order valence-corrected chi connectivity index (χ1v) is 8.80. The molecule has 2 N–H and O–H groups in total. The van der Waals surface area contributed by atoms with Crippen molar-refractivity contribution in [1.29, 1.82) is 0 Å². The molecule has 2 heterocycles. The molecule has 160 valence electrons. The Kier molecular flexibility index (Phi) is 5.17. The summed E-state index contributed by atoms with van der Waals surface area (Å²) >= 11 is 0. The third-order valence-corrected chi connectivity index (χ3v) is 4.91. The fraction of sp³-hybridized carbons (Fsp3) is 0.368. The van der Waals surface area contributed by atoms with Gasteiger partial charge in [0.1, 0.15) is 17.0 Å². The van der Waals surface area contributed by atoms with E-state index in [1.807, 2.05) is 0 Å². The quantitative estimate of drug-likeness (QED) is 0.688. The molecule has 30 heavy (non-hydrogen) atoms. The number of hydrogen-bond donors (Lipinski definition) is 2. The van der Waals surface area contributed by atoms with Gasteiger partial charge in [0.25, 0.3) is 5.91 Å². The Morgan fingerprint density at radius 1 is 1.27 bits per heavy atom. The highest BCUT2D eigenvalue weighted by Crippen LogP contribution is 2.31. The number of nitrogens with one attached hydrogen (secondary N) is 1. The second kappa shape index (κ2) is 7.22. The van der Waals surface area contributed by atoms with Gasteiger partial charge >= 0.3 is 18.5 Å². The molecule has 1 unspecified atom stereocenters. The first-order valence-electron chi connectivity index (χ1n) is 8.80. The molecule has 0 bridgehead atoms. The summed E-state index contributed by atoms with van der Waals surface area (Å²) in [7, 11) is 0. The van der Waals surface area contributed by atoms with Gasteiger partial charge < -0.3 is 15.2 Å². The molecule has 1 aliphatic heterocycles. The number of aliphatic imine (C=N–C) groups is 1. The third kappa shape index (κ3) is 3.66. The maximum Gasteiger partial charge on any atom is 0.461 e. The van der Waals surface area contributed by atoms with E-state index in [-0.39, 0.29) is 33.9 Å². The zero-order chi connectivity index (χ0) is 22.4. The molecular weight excluding hydrogens is 410 g/mol. The summed E-state index contributed by atoms with van der Waals surface area (Å²) in [6.07, 6.45) is -8.75. The van der Waals surface area contributed by atoms with E-state index in [4.69, 9.17) is 0 Å². The van der Waals surface area contributed by atoms with Crippen molar-refractivity contribution < 1.29 is 37.0 Å². The molecule has 0 fully saturated rings. The van der Waals surface area contributed by atoms with Gasteiger partial charge in [0.15, 0.2) is 5.84 Å². The lowest BCUT2D eigenvalue weighted by Crippen LogP contribution is -2.41. The number of halogens is 4. The monoisotopic (exact) mass is 427 g/mol. The van der Waals surface area contributed by atoms with Crippen molar-refractivity contribution in [2.24, 2.45) is 10.9 Å². The number of carboxylic acid groups (broad SMARTS) is 1. The number of carboxylic acids is 1. The van der Waals surface area contributed by atoms with Crippen LogP contribution in [0, 0.1) is 5.92 Å². The van der Waals surface area contributed by atoms with Crippen molar-refractivity contribution in [3.8, 4) is 5.75 Å². The molecule has 1 aromatic heterocycles. The van der Waals surface area contributed by atoms with E-state index in [9.17, 15) is 32.3 Å². The maximum absolute atomic E-state index is 13.1. The number of nitrogens with zero attached hydrogens (tertiary/aromatic N) is 2. The van der Waals surface area contributed by atoms with Gasteiger partial charge in [0, 0.05) is 5.39 Å². The van der Waals surface area contributed by atoms with Crippen molar-refractivity contribution in [2.45, 2.75) is 38.8 Å². The minimum Gasteiger partial charge on any atom is -0.478 e. The Bertz CT molecular complexity index is 1070. The number of fused-ring (bicyclic) bond motifs is 1. The van der Waals surface area contributed by atoms with Crippen LogP contribution in [0.1, 0.15) is 36.8 Å². The van der Waals surface area contributed by atoms with Crippen LogP contribution in [0.15, 0.2) is 29.3 Å². The van der Waals surface area contributed by atoms with Crippen molar-refractivity contribution in [3.05, 3.63) is 35.5 Å². The van der Waals surface area contributed by atoms with Gasteiger partial charge in [0.2, 0.25) is 0 Å². The van der Waals surface area contributed by atoms with Gasteiger partial charge in [-0.2, -0.15) is 17.6 Å². The predicted molar refractivity (Wildman–Crippen MR) is 98.2 cm³/mol. The van der Waals surface area contributed by atoms with Gasteiger partial charge in [-0.15, -0.1) is 0 Å². The summed E-state index contributed by atoms with van der Waals surface area (Å²) in [6.45, 7) is 5.18. The number of ether oxygens (including phenoxy) is 1. The standard InChI is InChI=1S/C19H17F4N3O4/c1-8(2)18(3)17(29)25-14(26-18)13-11(15(27)28)7-9-6-10(4-5-12(9)24-13)30-19(22,23)16(20)21/h4-8,16H,1-3H3,(H,27,28)(H,25,26,29). The van der Waals surface area contributed by atoms with Crippen LogP contribution in [0.25, 0.3) is 10.9 Å². The fourth-order valence-corrected chi connectivity index (χ4v) is 2.81. The zero-order valence-electron chi connectivity index (χ0n) is 16.0. The van der Waals surface area contributed by atoms with Crippen LogP contribution in [0.3, 0.4) is 0 Å². The molecule has 0 radical (unpaired) electrons. The minimum absolute atomic E-state index is 0.0277. The number of carbonyl (C=O) groups excluding carboxylic acids is 1.